The number of fused-ring (bicyclic) bond motifs is 1. The van der Waals surface area contributed by atoms with E-state index in [1.807, 2.05) is 6.07 Å². The van der Waals surface area contributed by atoms with Gasteiger partial charge in [-0.1, -0.05) is 31.3 Å². The normalized spacial score (nSPS) is 21.6. The lowest BCUT2D eigenvalue weighted by atomic mass is 9.94. The Hall–Kier alpha value is -2.60. The van der Waals surface area contributed by atoms with E-state index in [-0.39, 0.29) is 16.6 Å². The average molecular weight is 560 g/mol. The molecular weight excluding hydrogens is 525 g/mol. The van der Waals surface area contributed by atoms with Gasteiger partial charge in [0.15, 0.2) is 5.13 Å². The molecule has 0 aliphatic carbocycles. The van der Waals surface area contributed by atoms with Crippen molar-refractivity contribution < 1.29 is 17.6 Å². The quantitative estimate of drug-likeness (QED) is 0.476. The Balaban J connectivity index is 1.09. The molecule has 5 rings (SSSR count). The fourth-order valence-corrected chi connectivity index (χ4v) is 8.07. The lowest BCUT2D eigenvalue weighted by molar-refractivity contribution is 0.0947. The fraction of sp³-hybridized carbons (Fsp3) is 0.481. The van der Waals surface area contributed by atoms with Crippen LogP contribution < -0.4 is 10.2 Å². The predicted molar refractivity (Wildman–Crippen MR) is 149 cm³/mol. The van der Waals surface area contributed by atoms with Gasteiger partial charge >= 0.3 is 0 Å². The van der Waals surface area contributed by atoms with Crippen molar-refractivity contribution in [3.8, 4) is 0 Å². The number of sulfonamides is 1. The zero-order chi connectivity index (χ0) is 26.9. The van der Waals surface area contributed by atoms with Crippen LogP contribution in [-0.4, -0.2) is 80.9 Å². The van der Waals surface area contributed by atoms with Crippen LogP contribution in [0.1, 0.15) is 30.6 Å². The first-order valence-electron chi connectivity index (χ1n) is 13.1. The number of carbonyl (C=O) groups excluding carboxylic acids is 1. The number of aromatic nitrogens is 1. The topological polar surface area (TPSA) is 85.8 Å². The van der Waals surface area contributed by atoms with Gasteiger partial charge in [-0.05, 0) is 54.7 Å². The summed E-state index contributed by atoms with van der Waals surface area (Å²) in [6.45, 7) is 9.67. The van der Waals surface area contributed by atoms with E-state index in [9.17, 15) is 17.6 Å². The zero-order valence-corrected chi connectivity index (χ0v) is 23.4. The minimum Gasteiger partial charge on any atom is -0.351 e. The summed E-state index contributed by atoms with van der Waals surface area (Å²) in [6.07, 6.45) is 1.03. The predicted octanol–water partition coefficient (Wildman–Crippen LogP) is 3.65. The van der Waals surface area contributed by atoms with Crippen LogP contribution in [0.5, 0.6) is 0 Å². The molecule has 2 aliphatic rings. The number of para-hydroxylation sites is 1. The van der Waals surface area contributed by atoms with Crippen molar-refractivity contribution in [1.29, 1.82) is 0 Å². The summed E-state index contributed by atoms with van der Waals surface area (Å²) in [4.78, 5) is 21.8. The summed E-state index contributed by atoms with van der Waals surface area (Å²) in [5.74, 6) is 0.156. The number of benzene rings is 2. The van der Waals surface area contributed by atoms with Crippen LogP contribution >= 0.6 is 11.3 Å². The second-order valence-corrected chi connectivity index (χ2v) is 13.4. The van der Waals surface area contributed by atoms with Crippen LogP contribution in [0.3, 0.4) is 0 Å². The Bertz CT molecular complexity index is 1380. The van der Waals surface area contributed by atoms with Crippen LogP contribution in [-0.2, 0) is 10.0 Å². The molecular formula is C27H34FN5O3S2. The number of halogens is 1. The van der Waals surface area contributed by atoms with E-state index in [0.29, 0.717) is 49.1 Å². The molecule has 0 saturated carbocycles. The van der Waals surface area contributed by atoms with Gasteiger partial charge in [-0.15, -0.1) is 0 Å². The number of piperazine rings is 1. The molecule has 0 radical (unpaired) electrons. The number of thiazole rings is 1. The van der Waals surface area contributed by atoms with E-state index in [1.165, 1.54) is 29.5 Å². The monoisotopic (exact) mass is 559 g/mol. The van der Waals surface area contributed by atoms with E-state index in [0.717, 1.165) is 42.4 Å². The maximum Gasteiger partial charge on any atom is 0.251 e. The maximum absolute atomic E-state index is 14.0. The van der Waals surface area contributed by atoms with Gasteiger partial charge in [0.1, 0.15) is 11.3 Å². The lowest BCUT2D eigenvalue weighted by Gasteiger charge is -2.34. The fourth-order valence-electron chi connectivity index (χ4n) is 5.36. The summed E-state index contributed by atoms with van der Waals surface area (Å²) in [5, 5.41) is 3.78. The molecule has 2 aliphatic heterocycles. The van der Waals surface area contributed by atoms with Gasteiger partial charge in [0.05, 0.1) is 9.60 Å². The van der Waals surface area contributed by atoms with Gasteiger partial charge in [0.25, 0.3) is 5.91 Å². The Morgan fingerprint density at radius 2 is 1.74 bits per heavy atom. The third-order valence-electron chi connectivity index (χ3n) is 7.30. The van der Waals surface area contributed by atoms with Gasteiger partial charge in [-0.2, -0.15) is 4.31 Å². The Kier molecular flexibility index (Phi) is 7.99. The van der Waals surface area contributed by atoms with E-state index < -0.39 is 10.0 Å². The number of hydrogen-bond donors (Lipinski definition) is 1. The first-order chi connectivity index (χ1) is 18.2. The van der Waals surface area contributed by atoms with Crippen molar-refractivity contribution in [2.45, 2.75) is 25.2 Å². The van der Waals surface area contributed by atoms with Gasteiger partial charge < -0.3 is 10.2 Å². The van der Waals surface area contributed by atoms with Crippen molar-refractivity contribution in [3.63, 3.8) is 0 Å². The molecule has 2 saturated heterocycles. The second-order valence-electron chi connectivity index (χ2n) is 10.5. The van der Waals surface area contributed by atoms with E-state index in [4.69, 9.17) is 0 Å². The highest BCUT2D eigenvalue weighted by Gasteiger charge is 2.31. The highest BCUT2D eigenvalue weighted by atomic mass is 32.2. The molecule has 0 bridgehead atoms. The highest BCUT2D eigenvalue weighted by molar-refractivity contribution is 7.89. The van der Waals surface area contributed by atoms with Crippen LogP contribution in [0.4, 0.5) is 9.52 Å². The molecule has 11 heteroatoms. The number of piperidine rings is 1. The second kappa shape index (κ2) is 11.3. The molecule has 2 fully saturated rings. The highest BCUT2D eigenvalue weighted by Crippen LogP contribution is 2.31. The molecule has 1 amide bonds. The Morgan fingerprint density at radius 1 is 1.05 bits per heavy atom. The molecule has 0 spiro atoms. The summed E-state index contributed by atoms with van der Waals surface area (Å²) >= 11 is 1.51. The van der Waals surface area contributed by atoms with Gasteiger partial charge in [0.2, 0.25) is 10.0 Å². The molecule has 3 aromatic rings. The molecule has 204 valence electrons. The molecule has 2 atom stereocenters. The van der Waals surface area contributed by atoms with Gasteiger partial charge in [-0.3, -0.25) is 9.69 Å². The molecule has 2 aromatic carbocycles. The summed E-state index contributed by atoms with van der Waals surface area (Å²) < 4.78 is 42.6. The Morgan fingerprint density at radius 3 is 2.39 bits per heavy atom. The molecule has 8 nitrogen and oxygen atoms in total. The largest absolute Gasteiger partial charge is 0.351 e. The first-order valence-corrected chi connectivity index (χ1v) is 15.4. The minimum atomic E-state index is -3.57. The standard InChI is InChI=1S/C27H34FN5O3S2/c1-19-16-20(2)18-33(17-19)38(35,36)22-8-6-21(7-9-22)26(34)29-10-11-31-12-14-32(15-13-31)27-30-25-23(28)4-3-5-24(25)37-27/h3-9,19-20H,10-18H2,1-2H3,(H,29,34). The number of nitrogens with one attached hydrogen (secondary N) is 1. The van der Waals surface area contributed by atoms with E-state index >= 15 is 0 Å². The third kappa shape index (κ3) is 5.85. The van der Waals surface area contributed by atoms with Crippen molar-refractivity contribution >= 4 is 42.6 Å². The maximum atomic E-state index is 14.0. The van der Waals surface area contributed by atoms with Gasteiger partial charge in [-0.25, -0.2) is 17.8 Å². The molecule has 3 heterocycles. The van der Waals surface area contributed by atoms with Crippen molar-refractivity contribution in [2.75, 3.05) is 57.3 Å². The number of nitrogens with zero attached hydrogens (tertiary/aromatic N) is 4. The summed E-state index contributed by atoms with van der Waals surface area (Å²) in [6, 6.07) is 11.3. The number of anilines is 1. The molecule has 1 aromatic heterocycles. The number of amides is 1. The summed E-state index contributed by atoms with van der Waals surface area (Å²) in [5.41, 5.74) is 0.871. The van der Waals surface area contributed by atoms with Crippen molar-refractivity contribution in [2.24, 2.45) is 11.8 Å². The number of rotatable bonds is 7. The summed E-state index contributed by atoms with van der Waals surface area (Å²) in [7, 11) is -3.57. The minimum absolute atomic E-state index is 0.218. The van der Waals surface area contributed by atoms with Crippen LogP contribution in [0, 0.1) is 17.7 Å². The van der Waals surface area contributed by atoms with Crippen LogP contribution in [0.15, 0.2) is 47.4 Å². The SMILES string of the molecule is CC1CC(C)CN(S(=O)(=O)c2ccc(C(=O)NCCN3CCN(c4nc5c(F)cccc5s4)CC3)cc2)C1. The molecule has 1 N–H and O–H groups in total. The number of hydrogen-bond acceptors (Lipinski definition) is 7. The molecule has 2 unspecified atom stereocenters. The van der Waals surface area contributed by atoms with Crippen molar-refractivity contribution in [1.82, 2.24) is 19.5 Å². The Labute approximate surface area is 227 Å². The number of carbonyl (C=O) groups is 1. The molecule has 38 heavy (non-hydrogen) atoms. The lowest BCUT2D eigenvalue weighted by Crippen LogP contribution is -2.48. The smallest absolute Gasteiger partial charge is 0.251 e. The van der Waals surface area contributed by atoms with Crippen LogP contribution in [0.2, 0.25) is 0 Å². The van der Waals surface area contributed by atoms with Crippen LogP contribution in [0.25, 0.3) is 10.2 Å². The van der Waals surface area contributed by atoms with Crippen molar-refractivity contribution in [3.05, 3.63) is 53.8 Å². The third-order valence-corrected chi connectivity index (χ3v) is 10.2. The average Bonchev–Trinajstić information content (AvgIpc) is 3.34. The van der Waals surface area contributed by atoms with Gasteiger partial charge in [0, 0.05) is 57.9 Å². The van der Waals surface area contributed by atoms with E-state index in [2.05, 4.69) is 33.9 Å². The van der Waals surface area contributed by atoms with E-state index in [1.54, 1.807) is 22.5 Å². The first kappa shape index (κ1) is 27.0. The zero-order valence-electron chi connectivity index (χ0n) is 21.8.